The van der Waals surface area contributed by atoms with Crippen molar-refractivity contribution in [2.24, 2.45) is 5.73 Å². The third-order valence-corrected chi connectivity index (χ3v) is 7.72. The molecule has 0 radical (unpaired) electrons. The smallest absolute Gasteiger partial charge is 0.268 e. The maximum atomic E-state index is 11.2. The molecular formula is C26H26ClN3O3S2. The Morgan fingerprint density at radius 3 is 2.69 bits per heavy atom. The van der Waals surface area contributed by atoms with Crippen LogP contribution in [-0.4, -0.2) is 26.7 Å². The minimum Gasteiger partial charge on any atom is -0.489 e. The second-order valence-corrected chi connectivity index (χ2v) is 11.2. The van der Waals surface area contributed by atoms with Gasteiger partial charge in [0.15, 0.2) is 0 Å². The highest BCUT2D eigenvalue weighted by molar-refractivity contribution is 8.01. The highest BCUT2D eigenvalue weighted by Gasteiger charge is 2.10. The van der Waals surface area contributed by atoms with Gasteiger partial charge in [0.25, 0.3) is 5.91 Å². The molecule has 6 nitrogen and oxygen atoms in total. The van der Waals surface area contributed by atoms with E-state index in [0.29, 0.717) is 19.6 Å². The van der Waals surface area contributed by atoms with Crippen LogP contribution in [0.4, 0.5) is 0 Å². The molecule has 0 saturated carbocycles. The van der Waals surface area contributed by atoms with Crippen molar-refractivity contribution in [3.05, 3.63) is 94.3 Å². The number of nitrogens with zero attached hydrogens (tertiary/aromatic N) is 2. The number of nitrogens with two attached hydrogens (primary N) is 1. The molecule has 2 heterocycles. The number of aliphatic hydroxyl groups is 1. The Morgan fingerprint density at radius 1 is 1.17 bits per heavy atom. The topological polar surface area (TPSA) is 90.4 Å². The molecule has 0 fully saturated rings. The predicted molar refractivity (Wildman–Crippen MR) is 140 cm³/mol. The first kappa shape index (κ1) is 25.3. The van der Waals surface area contributed by atoms with E-state index >= 15 is 0 Å². The fraction of sp³-hybridized carbons (Fsp3) is 0.231. The van der Waals surface area contributed by atoms with Gasteiger partial charge in [-0.1, -0.05) is 53.7 Å². The molecule has 1 amide bonds. The lowest BCUT2D eigenvalue weighted by Crippen LogP contribution is -2.15. The van der Waals surface area contributed by atoms with Gasteiger partial charge in [-0.2, -0.15) is 0 Å². The number of aromatic nitrogens is 2. The summed E-state index contributed by atoms with van der Waals surface area (Å²) in [7, 11) is 0. The summed E-state index contributed by atoms with van der Waals surface area (Å²) >= 11 is 9.28. The van der Waals surface area contributed by atoms with Crippen LogP contribution in [0.5, 0.6) is 5.75 Å². The summed E-state index contributed by atoms with van der Waals surface area (Å²) in [6.45, 7) is 0.852. The second-order valence-electron chi connectivity index (χ2n) is 8.07. The van der Waals surface area contributed by atoms with Crippen molar-refractivity contribution in [1.82, 2.24) is 9.55 Å². The number of primary amides is 1. The molecule has 182 valence electrons. The van der Waals surface area contributed by atoms with E-state index in [1.54, 1.807) is 33.9 Å². The van der Waals surface area contributed by atoms with Crippen molar-refractivity contribution >= 4 is 40.6 Å². The normalized spacial score (nSPS) is 11.9. The van der Waals surface area contributed by atoms with Gasteiger partial charge in [0, 0.05) is 17.6 Å². The summed E-state index contributed by atoms with van der Waals surface area (Å²) in [6, 6.07) is 20.3. The van der Waals surface area contributed by atoms with E-state index in [4.69, 9.17) is 22.1 Å². The number of para-hydroxylation sites is 1. The molecule has 0 saturated heterocycles. The molecule has 9 heteroatoms. The molecule has 0 aliphatic carbocycles. The minimum atomic E-state index is -0.576. The molecule has 1 atom stereocenters. The lowest BCUT2D eigenvalue weighted by atomic mass is 10.0. The van der Waals surface area contributed by atoms with Crippen molar-refractivity contribution in [2.45, 2.75) is 47.6 Å². The number of rotatable bonds is 12. The van der Waals surface area contributed by atoms with Crippen LogP contribution in [0.3, 0.4) is 0 Å². The number of aliphatic hydroxyl groups excluding tert-OH is 1. The standard InChI is InChI=1S/C26H26ClN3O3S2/c27-24-12-13-25(35-24)34-21-10-8-18(9-11-21)16-33-23-7-2-1-4-19(23)5-3-6-20(31)14-30-15-22(26(28)32)29-17-30/h1-2,4,7-13,15,17,20,31H,3,5-6,14,16H2,(H2,28,32)/t20-/m0/s1. The number of amides is 1. The van der Waals surface area contributed by atoms with Gasteiger partial charge in [-0.3, -0.25) is 4.79 Å². The number of hydrogen-bond donors (Lipinski definition) is 2. The Bertz CT molecular complexity index is 1260. The van der Waals surface area contributed by atoms with Crippen molar-refractivity contribution in [2.75, 3.05) is 0 Å². The van der Waals surface area contributed by atoms with Gasteiger partial charge in [0.05, 0.1) is 21.0 Å². The van der Waals surface area contributed by atoms with Crippen LogP contribution in [0.25, 0.3) is 0 Å². The number of ether oxygens (including phenoxy) is 1. The van der Waals surface area contributed by atoms with E-state index in [2.05, 4.69) is 35.3 Å². The quantitative estimate of drug-likeness (QED) is 0.242. The third kappa shape index (κ3) is 7.60. The summed E-state index contributed by atoms with van der Waals surface area (Å²) in [5.74, 6) is 0.280. The average molecular weight is 528 g/mol. The Kier molecular flexibility index (Phi) is 8.87. The van der Waals surface area contributed by atoms with Gasteiger partial charge < -0.3 is 20.1 Å². The Hall–Kier alpha value is -2.78. The highest BCUT2D eigenvalue weighted by Crippen LogP contribution is 2.35. The zero-order valence-corrected chi connectivity index (χ0v) is 21.4. The van der Waals surface area contributed by atoms with Gasteiger partial charge >= 0.3 is 0 Å². The molecule has 0 aliphatic heterocycles. The zero-order valence-electron chi connectivity index (χ0n) is 19.0. The average Bonchev–Trinajstić information content (AvgIpc) is 3.48. The molecule has 0 unspecified atom stereocenters. The summed E-state index contributed by atoms with van der Waals surface area (Å²) in [5, 5.41) is 10.4. The highest BCUT2D eigenvalue weighted by atomic mass is 35.5. The second kappa shape index (κ2) is 12.3. The molecule has 4 rings (SSSR count). The van der Waals surface area contributed by atoms with Crippen LogP contribution >= 0.6 is 34.7 Å². The molecule has 3 N–H and O–H groups in total. The summed E-state index contributed by atoms with van der Waals surface area (Å²) in [6.07, 6.45) is 4.74. The lowest BCUT2D eigenvalue weighted by molar-refractivity contribution is 0.0995. The van der Waals surface area contributed by atoms with E-state index in [1.807, 2.05) is 30.3 Å². The van der Waals surface area contributed by atoms with Crippen LogP contribution < -0.4 is 10.5 Å². The summed E-state index contributed by atoms with van der Waals surface area (Å²) < 4.78 is 9.76. The number of benzene rings is 2. The molecule has 35 heavy (non-hydrogen) atoms. The van der Waals surface area contributed by atoms with Crippen LogP contribution in [0, 0.1) is 0 Å². The van der Waals surface area contributed by atoms with Crippen molar-refractivity contribution in [1.29, 1.82) is 0 Å². The Labute approximate surface area is 217 Å². The SMILES string of the molecule is NC(=O)c1cn(C[C@@H](O)CCCc2ccccc2OCc2ccc(Sc3ccc(Cl)s3)cc2)cn1. The van der Waals surface area contributed by atoms with E-state index in [0.717, 1.165) is 38.9 Å². The molecular weight excluding hydrogens is 502 g/mol. The molecule has 4 aromatic rings. The van der Waals surface area contributed by atoms with Crippen molar-refractivity contribution in [3.63, 3.8) is 0 Å². The molecule has 0 spiro atoms. The predicted octanol–water partition coefficient (Wildman–Crippen LogP) is 5.81. The first-order valence-electron chi connectivity index (χ1n) is 11.2. The first-order chi connectivity index (χ1) is 17.0. The number of carbonyl (C=O) groups is 1. The summed E-state index contributed by atoms with van der Waals surface area (Å²) in [4.78, 5) is 16.2. The Balaban J connectivity index is 1.25. The number of aryl methyl sites for hydroxylation is 1. The molecule has 2 aromatic heterocycles. The van der Waals surface area contributed by atoms with Crippen LogP contribution in [0.2, 0.25) is 4.34 Å². The maximum absolute atomic E-state index is 11.2. The fourth-order valence-electron chi connectivity index (χ4n) is 3.58. The fourth-order valence-corrected chi connectivity index (χ4v) is 5.86. The van der Waals surface area contributed by atoms with Gasteiger partial charge in [0.2, 0.25) is 0 Å². The summed E-state index contributed by atoms with van der Waals surface area (Å²) in [5.41, 5.74) is 7.63. The number of hydrogen-bond acceptors (Lipinski definition) is 6. The van der Waals surface area contributed by atoms with E-state index < -0.39 is 12.0 Å². The largest absolute Gasteiger partial charge is 0.489 e. The van der Waals surface area contributed by atoms with E-state index in [1.165, 1.54) is 10.5 Å². The zero-order chi connectivity index (χ0) is 24.6. The third-order valence-electron chi connectivity index (χ3n) is 5.35. The number of halogens is 1. The number of imidazole rings is 1. The van der Waals surface area contributed by atoms with Gasteiger partial charge in [-0.25, -0.2) is 4.98 Å². The van der Waals surface area contributed by atoms with E-state index in [-0.39, 0.29) is 5.69 Å². The Morgan fingerprint density at radius 2 is 1.97 bits per heavy atom. The first-order valence-corrected chi connectivity index (χ1v) is 13.2. The van der Waals surface area contributed by atoms with Crippen LogP contribution in [0.1, 0.15) is 34.5 Å². The van der Waals surface area contributed by atoms with Crippen molar-refractivity contribution in [3.8, 4) is 5.75 Å². The number of thiophene rings is 1. The number of carbonyl (C=O) groups excluding carboxylic acids is 1. The maximum Gasteiger partial charge on any atom is 0.268 e. The molecule has 0 aliphatic rings. The molecule has 0 bridgehead atoms. The van der Waals surface area contributed by atoms with Crippen LogP contribution in [0.15, 0.2) is 82.3 Å². The van der Waals surface area contributed by atoms with Crippen molar-refractivity contribution < 1.29 is 14.6 Å². The van der Waals surface area contributed by atoms with Gasteiger partial charge in [-0.15, -0.1) is 11.3 Å². The van der Waals surface area contributed by atoms with Gasteiger partial charge in [-0.05, 0) is 60.7 Å². The van der Waals surface area contributed by atoms with Gasteiger partial charge in [0.1, 0.15) is 18.1 Å². The minimum absolute atomic E-state index is 0.198. The van der Waals surface area contributed by atoms with Crippen LogP contribution in [-0.2, 0) is 19.6 Å². The van der Waals surface area contributed by atoms with E-state index in [9.17, 15) is 9.90 Å². The monoisotopic (exact) mass is 527 g/mol. The lowest BCUT2D eigenvalue weighted by Gasteiger charge is -2.14. The molecule has 2 aromatic carbocycles.